The minimum absolute atomic E-state index is 0.0828. The monoisotopic (exact) mass is 327 g/mol. The molecule has 1 N–H and O–H groups in total. The third kappa shape index (κ3) is 5.23. The van der Waals surface area contributed by atoms with Gasteiger partial charge < -0.3 is 10.1 Å². The lowest BCUT2D eigenvalue weighted by Crippen LogP contribution is -2.33. The van der Waals surface area contributed by atoms with E-state index >= 15 is 0 Å². The van der Waals surface area contributed by atoms with Crippen molar-refractivity contribution < 1.29 is 9.53 Å². The smallest absolute Gasteiger partial charge is 0.255 e. The molecule has 0 spiro atoms. The standard InChI is InChI=1S/C15H22BrNO2/c1-10(2)5-6-11(3)17-15(18)13-8-7-12(16)9-14(13)19-4/h7-11H,5-6H2,1-4H3,(H,17,18). The van der Waals surface area contributed by atoms with Crippen molar-refractivity contribution in [3.63, 3.8) is 0 Å². The normalized spacial score (nSPS) is 12.3. The first-order valence-corrected chi connectivity index (χ1v) is 7.37. The van der Waals surface area contributed by atoms with Crippen molar-refractivity contribution in [3.8, 4) is 5.75 Å². The highest BCUT2D eigenvalue weighted by atomic mass is 79.9. The Morgan fingerprint density at radius 3 is 2.58 bits per heavy atom. The van der Waals surface area contributed by atoms with E-state index in [2.05, 4.69) is 35.1 Å². The number of nitrogens with one attached hydrogen (secondary N) is 1. The van der Waals surface area contributed by atoms with Gasteiger partial charge in [0.25, 0.3) is 5.91 Å². The molecule has 3 nitrogen and oxygen atoms in total. The summed E-state index contributed by atoms with van der Waals surface area (Å²) in [6.07, 6.45) is 2.10. The van der Waals surface area contributed by atoms with E-state index in [9.17, 15) is 4.79 Å². The van der Waals surface area contributed by atoms with Crippen molar-refractivity contribution in [1.82, 2.24) is 5.32 Å². The van der Waals surface area contributed by atoms with Crippen LogP contribution < -0.4 is 10.1 Å². The molecule has 4 heteroatoms. The largest absolute Gasteiger partial charge is 0.496 e. The first-order valence-electron chi connectivity index (χ1n) is 6.58. The molecule has 0 aromatic heterocycles. The van der Waals surface area contributed by atoms with Crippen molar-refractivity contribution >= 4 is 21.8 Å². The maximum atomic E-state index is 12.2. The number of halogens is 1. The predicted molar refractivity (Wildman–Crippen MR) is 81.7 cm³/mol. The van der Waals surface area contributed by atoms with Gasteiger partial charge in [0.15, 0.2) is 0 Å². The summed E-state index contributed by atoms with van der Waals surface area (Å²) in [5.74, 6) is 1.16. The van der Waals surface area contributed by atoms with E-state index in [4.69, 9.17) is 4.74 Å². The highest BCUT2D eigenvalue weighted by molar-refractivity contribution is 9.10. The molecule has 0 radical (unpaired) electrons. The van der Waals surface area contributed by atoms with Gasteiger partial charge in [0, 0.05) is 10.5 Å². The predicted octanol–water partition coefficient (Wildman–Crippen LogP) is 4.01. The molecule has 0 saturated heterocycles. The van der Waals surface area contributed by atoms with Crippen LogP contribution in [0.1, 0.15) is 44.0 Å². The van der Waals surface area contributed by atoms with Crippen LogP contribution in [0.15, 0.2) is 22.7 Å². The van der Waals surface area contributed by atoms with Crippen LogP contribution in [0.3, 0.4) is 0 Å². The van der Waals surface area contributed by atoms with E-state index in [1.165, 1.54) is 0 Å². The van der Waals surface area contributed by atoms with E-state index < -0.39 is 0 Å². The van der Waals surface area contributed by atoms with Crippen LogP contribution in [-0.2, 0) is 0 Å². The Morgan fingerprint density at radius 2 is 2.00 bits per heavy atom. The Morgan fingerprint density at radius 1 is 1.32 bits per heavy atom. The number of ether oxygens (including phenoxy) is 1. The average molecular weight is 328 g/mol. The summed E-state index contributed by atoms with van der Waals surface area (Å²) in [4.78, 5) is 12.2. The second kappa shape index (κ2) is 7.53. The fraction of sp³-hybridized carbons (Fsp3) is 0.533. The third-order valence-corrected chi connectivity index (χ3v) is 3.46. The molecule has 0 aliphatic rings. The second-order valence-electron chi connectivity index (χ2n) is 5.19. The molecule has 0 heterocycles. The summed E-state index contributed by atoms with van der Waals surface area (Å²) in [6, 6.07) is 5.58. The van der Waals surface area contributed by atoms with Gasteiger partial charge in [-0.1, -0.05) is 29.8 Å². The van der Waals surface area contributed by atoms with Gasteiger partial charge in [-0.3, -0.25) is 4.79 Å². The molecule has 19 heavy (non-hydrogen) atoms. The van der Waals surface area contributed by atoms with Gasteiger partial charge in [0.2, 0.25) is 0 Å². The summed E-state index contributed by atoms with van der Waals surface area (Å²) < 4.78 is 6.13. The summed E-state index contributed by atoms with van der Waals surface area (Å²) in [5, 5.41) is 3.01. The fourth-order valence-corrected chi connectivity index (χ4v) is 2.15. The Balaban J connectivity index is 2.67. The van der Waals surface area contributed by atoms with Gasteiger partial charge in [0.05, 0.1) is 12.7 Å². The number of carbonyl (C=O) groups excluding carboxylic acids is 1. The molecule has 0 saturated carbocycles. The van der Waals surface area contributed by atoms with Crippen molar-refractivity contribution in [2.24, 2.45) is 5.92 Å². The molecule has 0 aliphatic heterocycles. The summed E-state index contributed by atoms with van der Waals surface area (Å²) >= 11 is 3.37. The van der Waals surface area contributed by atoms with Crippen molar-refractivity contribution in [3.05, 3.63) is 28.2 Å². The Bertz CT molecular complexity index is 432. The van der Waals surface area contributed by atoms with E-state index in [0.29, 0.717) is 17.2 Å². The third-order valence-electron chi connectivity index (χ3n) is 2.96. The zero-order valence-electron chi connectivity index (χ0n) is 12.0. The second-order valence-corrected chi connectivity index (χ2v) is 6.11. The zero-order chi connectivity index (χ0) is 14.4. The molecule has 106 valence electrons. The van der Waals surface area contributed by atoms with Gasteiger partial charge in [-0.15, -0.1) is 0 Å². The van der Waals surface area contributed by atoms with Crippen LogP contribution in [0.4, 0.5) is 0 Å². The van der Waals surface area contributed by atoms with Gasteiger partial charge >= 0.3 is 0 Å². The van der Waals surface area contributed by atoms with Gasteiger partial charge in [0.1, 0.15) is 5.75 Å². The average Bonchev–Trinajstić information content (AvgIpc) is 2.35. The highest BCUT2D eigenvalue weighted by Gasteiger charge is 2.14. The molecule has 1 aromatic rings. The Hall–Kier alpha value is -1.03. The van der Waals surface area contributed by atoms with Crippen LogP contribution in [0.5, 0.6) is 5.75 Å². The zero-order valence-corrected chi connectivity index (χ0v) is 13.6. The maximum Gasteiger partial charge on any atom is 0.255 e. The molecular formula is C15H22BrNO2. The number of methoxy groups -OCH3 is 1. The molecule has 1 aromatic carbocycles. The number of carbonyl (C=O) groups is 1. The van der Waals surface area contributed by atoms with Crippen LogP contribution in [-0.4, -0.2) is 19.1 Å². The molecule has 0 bridgehead atoms. The van der Waals surface area contributed by atoms with Crippen molar-refractivity contribution in [1.29, 1.82) is 0 Å². The van der Waals surface area contributed by atoms with Crippen LogP contribution in [0.25, 0.3) is 0 Å². The molecular weight excluding hydrogens is 306 g/mol. The quantitative estimate of drug-likeness (QED) is 0.857. The SMILES string of the molecule is COc1cc(Br)ccc1C(=O)NC(C)CCC(C)C. The fourth-order valence-electron chi connectivity index (χ4n) is 1.81. The first-order chi connectivity index (χ1) is 8.93. The topological polar surface area (TPSA) is 38.3 Å². The van der Waals surface area contributed by atoms with Gasteiger partial charge in [-0.2, -0.15) is 0 Å². The molecule has 1 unspecified atom stereocenters. The Labute approximate surface area is 123 Å². The lowest BCUT2D eigenvalue weighted by Gasteiger charge is -2.16. The minimum Gasteiger partial charge on any atom is -0.496 e. The van der Waals surface area contributed by atoms with Crippen LogP contribution in [0.2, 0.25) is 0 Å². The van der Waals surface area contributed by atoms with Crippen molar-refractivity contribution in [2.45, 2.75) is 39.7 Å². The summed E-state index contributed by atoms with van der Waals surface area (Å²) in [7, 11) is 1.57. The maximum absolute atomic E-state index is 12.2. The van der Waals surface area contributed by atoms with E-state index in [1.54, 1.807) is 19.2 Å². The van der Waals surface area contributed by atoms with E-state index in [1.807, 2.05) is 13.0 Å². The summed E-state index contributed by atoms with van der Waals surface area (Å²) in [5.41, 5.74) is 0.571. The molecule has 1 rings (SSSR count). The highest BCUT2D eigenvalue weighted by Crippen LogP contribution is 2.23. The molecule has 1 atom stereocenters. The molecule has 0 aliphatic carbocycles. The molecule has 1 amide bonds. The van der Waals surface area contributed by atoms with Crippen LogP contribution in [0, 0.1) is 5.92 Å². The van der Waals surface area contributed by atoms with Gasteiger partial charge in [-0.05, 0) is 43.9 Å². The number of hydrogen-bond donors (Lipinski definition) is 1. The van der Waals surface area contributed by atoms with Gasteiger partial charge in [-0.25, -0.2) is 0 Å². The lowest BCUT2D eigenvalue weighted by molar-refractivity contribution is 0.0934. The van der Waals surface area contributed by atoms with E-state index in [-0.39, 0.29) is 11.9 Å². The number of benzene rings is 1. The number of hydrogen-bond acceptors (Lipinski definition) is 2. The first kappa shape index (κ1) is 16.0. The number of amides is 1. The molecule has 0 fully saturated rings. The minimum atomic E-state index is -0.0828. The lowest BCUT2D eigenvalue weighted by atomic mass is 10.0. The summed E-state index contributed by atoms with van der Waals surface area (Å²) in [6.45, 7) is 6.41. The van der Waals surface area contributed by atoms with Crippen LogP contribution >= 0.6 is 15.9 Å². The van der Waals surface area contributed by atoms with E-state index in [0.717, 1.165) is 17.3 Å². The van der Waals surface area contributed by atoms with Crippen molar-refractivity contribution in [2.75, 3.05) is 7.11 Å². The number of rotatable bonds is 6. The Kier molecular flexibility index (Phi) is 6.35.